The summed E-state index contributed by atoms with van der Waals surface area (Å²) in [5.41, 5.74) is 1.88. The number of nitrogens with zero attached hydrogens (tertiary/aromatic N) is 2. The van der Waals surface area contributed by atoms with Crippen LogP contribution < -0.4 is 5.84 Å². The Kier molecular flexibility index (Phi) is 1.48. The van der Waals surface area contributed by atoms with Gasteiger partial charge in [-0.1, -0.05) is 0 Å². The van der Waals surface area contributed by atoms with Crippen LogP contribution in [0.4, 0.5) is 0 Å². The van der Waals surface area contributed by atoms with Gasteiger partial charge in [-0.3, -0.25) is 0 Å². The van der Waals surface area contributed by atoms with Crippen LogP contribution in [0.25, 0.3) is 0 Å². The number of hydrogen-bond donors (Lipinski definition) is 1. The summed E-state index contributed by atoms with van der Waals surface area (Å²) in [5.74, 6) is 5.42. The molecule has 0 atom stereocenters. The Morgan fingerprint density at radius 1 is 1.56 bits per heavy atom. The first kappa shape index (κ1) is 6.61. The Bertz CT molecular complexity index is 206. The quantitative estimate of drug-likeness (QED) is 0.619. The van der Waals surface area contributed by atoms with E-state index >= 15 is 0 Å². The van der Waals surface area contributed by atoms with E-state index < -0.39 is 0 Å². The molecule has 2 N–H and O–H groups in total. The molecule has 3 nitrogen and oxygen atoms in total. The lowest BCUT2D eigenvalue weighted by molar-refractivity contribution is 0.789. The number of aryl methyl sites for hydroxylation is 1. The Morgan fingerprint density at radius 2 is 2.11 bits per heavy atom. The monoisotopic (exact) mass is 189 g/mol. The Balaban J connectivity index is 3.29. The van der Waals surface area contributed by atoms with Gasteiger partial charge in [-0.25, -0.2) is 0 Å². The van der Waals surface area contributed by atoms with Gasteiger partial charge in [0.05, 0.1) is 15.9 Å². The average Bonchev–Trinajstić information content (AvgIpc) is 1.98. The summed E-state index contributed by atoms with van der Waals surface area (Å²) < 4.78 is 0.991. The van der Waals surface area contributed by atoms with Crippen molar-refractivity contribution >= 4 is 15.9 Å². The lowest BCUT2D eigenvalue weighted by atomic mass is 10.4. The lowest BCUT2D eigenvalue weighted by Gasteiger charge is -1.89. The summed E-state index contributed by atoms with van der Waals surface area (Å²) in [4.78, 5) is 1.36. The van der Waals surface area contributed by atoms with E-state index in [9.17, 15) is 0 Å². The van der Waals surface area contributed by atoms with Crippen molar-refractivity contribution in [2.75, 3.05) is 5.84 Å². The van der Waals surface area contributed by atoms with Crippen LogP contribution in [0, 0.1) is 13.8 Å². The number of nitrogens with two attached hydrogens (primary N) is 1. The third kappa shape index (κ3) is 0.941. The summed E-state index contributed by atoms with van der Waals surface area (Å²) in [6.07, 6.45) is 0. The molecule has 0 radical (unpaired) electrons. The Hall–Kier alpha value is -0.510. The largest absolute Gasteiger partial charge is 0.323 e. The van der Waals surface area contributed by atoms with E-state index in [1.165, 1.54) is 4.79 Å². The van der Waals surface area contributed by atoms with Gasteiger partial charge >= 0.3 is 0 Å². The minimum atomic E-state index is 0.926. The molecule has 50 valence electrons. The van der Waals surface area contributed by atoms with Gasteiger partial charge in [0, 0.05) is 0 Å². The maximum atomic E-state index is 5.42. The van der Waals surface area contributed by atoms with Gasteiger partial charge in [-0.05, 0) is 29.8 Å². The molecule has 0 aromatic carbocycles. The molecule has 0 bridgehead atoms. The minimum absolute atomic E-state index is 0.926. The van der Waals surface area contributed by atoms with E-state index in [-0.39, 0.29) is 0 Å². The smallest absolute Gasteiger partial charge is 0.0759 e. The first-order chi connectivity index (χ1) is 4.13. The first-order valence-electron chi connectivity index (χ1n) is 2.59. The lowest BCUT2D eigenvalue weighted by Crippen LogP contribution is -2.11. The third-order valence-electron chi connectivity index (χ3n) is 1.24. The summed E-state index contributed by atoms with van der Waals surface area (Å²) in [6, 6.07) is 0. The van der Waals surface area contributed by atoms with Crippen molar-refractivity contribution in [3.8, 4) is 0 Å². The van der Waals surface area contributed by atoms with Crippen LogP contribution >= 0.6 is 15.9 Å². The van der Waals surface area contributed by atoms with Crippen molar-refractivity contribution in [2.24, 2.45) is 0 Å². The van der Waals surface area contributed by atoms with E-state index in [0.717, 1.165) is 15.9 Å². The molecule has 0 saturated carbocycles. The zero-order valence-corrected chi connectivity index (χ0v) is 6.94. The van der Waals surface area contributed by atoms with Crippen LogP contribution in [0.15, 0.2) is 4.47 Å². The fraction of sp³-hybridized carbons (Fsp3) is 0.400. The molecule has 0 unspecified atom stereocenters. The van der Waals surface area contributed by atoms with Crippen molar-refractivity contribution in [2.45, 2.75) is 13.8 Å². The molecule has 0 fully saturated rings. The highest BCUT2D eigenvalue weighted by Crippen LogP contribution is 2.17. The molecule has 0 aliphatic heterocycles. The predicted octanol–water partition coefficient (Wildman–Crippen LogP) is 0.976. The summed E-state index contributed by atoms with van der Waals surface area (Å²) in [6.45, 7) is 3.81. The Labute approximate surface area is 61.9 Å². The van der Waals surface area contributed by atoms with E-state index in [1.807, 2.05) is 13.8 Å². The highest BCUT2D eigenvalue weighted by Gasteiger charge is 2.04. The fourth-order valence-electron chi connectivity index (χ4n) is 0.643. The third-order valence-corrected chi connectivity index (χ3v) is 2.38. The van der Waals surface area contributed by atoms with Crippen molar-refractivity contribution in [3.63, 3.8) is 0 Å². The second kappa shape index (κ2) is 2.02. The number of rotatable bonds is 0. The van der Waals surface area contributed by atoms with E-state index in [0.29, 0.717) is 0 Å². The highest BCUT2D eigenvalue weighted by molar-refractivity contribution is 9.10. The molecule has 1 heterocycles. The molecule has 4 heteroatoms. The maximum Gasteiger partial charge on any atom is 0.0759 e. The van der Waals surface area contributed by atoms with Gasteiger partial charge in [0.15, 0.2) is 0 Å². The molecule has 1 aromatic heterocycles. The summed E-state index contributed by atoms with van der Waals surface area (Å²) >= 11 is 3.34. The molecule has 0 saturated heterocycles. The normalized spacial score (nSPS) is 10.1. The zero-order chi connectivity index (χ0) is 7.02. The second-order valence-corrected chi connectivity index (χ2v) is 2.72. The van der Waals surface area contributed by atoms with Crippen molar-refractivity contribution < 1.29 is 0 Å². The van der Waals surface area contributed by atoms with Crippen LogP contribution in [0.1, 0.15) is 11.4 Å². The molecule has 0 aliphatic rings. The van der Waals surface area contributed by atoms with Gasteiger partial charge in [0.1, 0.15) is 0 Å². The topological polar surface area (TPSA) is 43.8 Å². The molecule has 0 aliphatic carbocycles. The SMILES string of the molecule is Cc1nn(N)c(C)c1Br. The van der Waals surface area contributed by atoms with Crippen molar-refractivity contribution in [1.82, 2.24) is 9.89 Å². The number of aromatic nitrogens is 2. The second-order valence-electron chi connectivity index (χ2n) is 1.93. The van der Waals surface area contributed by atoms with Crippen LogP contribution in [0.5, 0.6) is 0 Å². The van der Waals surface area contributed by atoms with Crippen LogP contribution in [0.2, 0.25) is 0 Å². The maximum absolute atomic E-state index is 5.42. The summed E-state index contributed by atoms with van der Waals surface area (Å²) in [5, 5.41) is 3.96. The highest BCUT2D eigenvalue weighted by atomic mass is 79.9. The number of halogens is 1. The Morgan fingerprint density at radius 3 is 2.22 bits per heavy atom. The number of nitrogen functional groups attached to an aromatic ring is 1. The van der Waals surface area contributed by atoms with Gasteiger partial charge in [-0.15, -0.1) is 0 Å². The molecule has 0 spiro atoms. The molecule has 9 heavy (non-hydrogen) atoms. The molecule has 1 aromatic rings. The molecular weight excluding hydrogens is 182 g/mol. The first-order valence-corrected chi connectivity index (χ1v) is 3.39. The summed E-state index contributed by atoms with van der Waals surface area (Å²) in [7, 11) is 0. The van der Waals surface area contributed by atoms with Crippen LogP contribution in [0.3, 0.4) is 0 Å². The van der Waals surface area contributed by atoms with Crippen molar-refractivity contribution in [1.29, 1.82) is 0 Å². The predicted molar refractivity (Wildman–Crippen MR) is 39.6 cm³/mol. The standard InChI is InChI=1S/C5H8BrN3/c1-3-5(6)4(2)9(7)8-3/h7H2,1-2H3. The molecular formula is C5H8BrN3. The van der Waals surface area contributed by atoms with E-state index in [4.69, 9.17) is 5.84 Å². The molecule has 0 amide bonds. The average molecular weight is 190 g/mol. The van der Waals surface area contributed by atoms with E-state index in [1.54, 1.807) is 0 Å². The van der Waals surface area contributed by atoms with Crippen LogP contribution in [-0.4, -0.2) is 9.89 Å². The number of hydrogen-bond acceptors (Lipinski definition) is 2. The van der Waals surface area contributed by atoms with Gasteiger partial charge in [-0.2, -0.15) is 9.89 Å². The molecule has 1 rings (SSSR count). The minimum Gasteiger partial charge on any atom is -0.323 e. The van der Waals surface area contributed by atoms with Gasteiger partial charge < -0.3 is 5.84 Å². The zero-order valence-electron chi connectivity index (χ0n) is 5.35. The van der Waals surface area contributed by atoms with Crippen LogP contribution in [-0.2, 0) is 0 Å². The van der Waals surface area contributed by atoms with Gasteiger partial charge in [0.25, 0.3) is 0 Å². The van der Waals surface area contributed by atoms with Gasteiger partial charge in [0.2, 0.25) is 0 Å². The van der Waals surface area contributed by atoms with Crippen molar-refractivity contribution in [3.05, 3.63) is 15.9 Å². The fourth-order valence-corrected chi connectivity index (χ4v) is 0.904. The van der Waals surface area contributed by atoms with E-state index in [2.05, 4.69) is 21.0 Å².